The van der Waals surface area contributed by atoms with Crippen LogP contribution in [-0.2, 0) is 0 Å². The van der Waals surface area contributed by atoms with E-state index in [0.717, 1.165) is 18.3 Å². The van der Waals surface area contributed by atoms with E-state index < -0.39 is 6.55 Å². The minimum absolute atomic E-state index is 0.0517. The highest BCUT2D eigenvalue weighted by molar-refractivity contribution is 5.92. The van der Waals surface area contributed by atoms with Crippen molar-refractivity contribution in [1.82, 2.24) is 19.6 Å². The number of carbonyl (C=O) groups excluding carboxylic acids is 1. The summed E-state index contributed by atoms with van der Waals surface area (Å²) in [4.78, 5) is 16.6. The molecule has 1 unspecified atom stereocenters. The van der Waals surface area contributed by atoms with Gasteiger partial charge in [-0.3, -0.25) is 4.79 Å². The zero-order chi connectivity index (χ0) is 16.4. The number of amides is 1. The number of piperazine rings is 1. The van der Waals surface area contributed by atoms with E-state index in [9.17, 15) is 13.6 Å². The second kappa shape index (κ2) is 6.45. The van der Waals surface area contributed by atoms with Crippen LogP contribution < -0.4 is 0 Å². The van der Waals surface area contributed by atoms with Crippen LogP contribution in [0.25, 0.3) is 0 Å². The van der Waals surface area contributed by atoms with Gasteiger partial charge in [-0.25, -0.2) is 4.68 Å². The lowest BCUT2D eigenvalue weighted by molar-refractivity contribution is 0.0464. The molecule has 0 bridgehead atoms. The van der Waals surface area contributed by atoms with Crippen LogP contribution in [0.15, 0.2) is 42.6 Å². The van der Waals surface area contributed by atoms with Crippen molar-refractivity contribution < 1.29 is 13.6 Å². The number of benzene rings is 1. The van der Waals surface area contributed by atoms with Crippen LogP contribution in [0.1, 0.15) is 28.6 Å². The first-order valence-electron chi connectivity index (χ1n) is 7.44. The number of halogens is 2. The first-order chi connectivity index (χ1) is 11.1. The van der Waals surface area contributed by atoms with E-state index in [4.69, 9.17) is 0 Å². The summed E-state index contributed by atoms with van der Waals surface area (Å²) in [5, 5.41) is 3.69. The highest BCUT2D eigenvalue weighted by atomic mass is 19.3. The van der Waals surface area contributed by atoms with E-state index in [2.05, 4.69) is 10.00 Å². The monoisotopic (exact) mass is 320 g/mol. The minimum atomic E-state index is -2.74. The quantitative estimate of drug-likeness (QED) is 0.872. The van der Waals surface area contributed by atoms with Gasteiger partial charge >= 0.3 is 6.55 Å². The second-order valence-electron chi connectivity index (χ2n) is 5.65. The Morgan fingerprint density at radius 1 is 1.22 bits per heavy atom. The molecule has 1 amide bonds. The molecule has 2 aromatic rings. The number of carbonyl (C=O) groups is 1. The summed E-state index contributed by atoms with van der Waals surface area (Å²) in [6.45, 7) is -0.763. The molecule has 1 aliphatic rings. The van der Waals surface area contributed by atoms with Gasteiger partial charge in [0.25, 0.3) is 5.91 Å². The Morgan fingerprint density at radius 2 is 1.96 bits per heavy atom. The Hall–Kier alpha value is -2.28. The number of hydrogen-bond acceptors (Lipinski definition) is 3. The highest BCUT2D eigenvalue weighted by Gasteiger charge is 2.32. The van der Waals surface area contributed by atoms with Gasteiger partial charge in [0.2, 0.25) is 0 Å². The van der Waals surface area contributed by atoms with Crippen molar-refractivity contribution in [2.75, 3.05) is 26.7 Å². The topological polar surface area (TPSA) is 41.4 Å². The molecule has 1 aliphatic heterocycles. The maximum absolute atomic E-state index is 12.7. The van der Waals surface area contributed by atoms with Crippen LogP contribution in [-0.4, -0.2) is 52.2 Å². The Balaban J connectivity index is 1.87. The summed E-state index contributed by atoms with van der Waals surface area (Å²) < 4.78 is 25.8. The van der Waals surface area contributed by atoms with Gasteiger partial charge in [0.15, 0.2) is 5.69 Å². The molecule has 0 spiro atoms. The van der Waals surface area contributed by atoms with Crippen LogP contribution in [0, 0.1) is 0 Å². The van der Waals surface area contributed by atoms with Gasteiger partial charge in [0.1, 0.15) is 0 Å². The van der Waals surface area contributed by atoms with Crippen molar-refractivity contribution in [2.45, 2.75) is 12.6 Å². The zero-order valence-corrected chi connectivity index (χ0v) is 12.8. The summed E-state index contributed by atoms with van der Waals surface area (Å²) in [6.07, 6.45) is 1.13. The van der Waals surface area contributed by atoms with E-state index in [1.807, 2.05) is 37.4 Å². The average Bonchev–Trinajstić information content (AvgIpc) is 3.05. The van der Waals surface area contributed by atoms with E-state index >= 15 is 0 Å². The lowest BCUT2D eigenvalue weighted by Crippen LogP contribution is -2.49. The molecule has 1 atom stereocenters. The van der Waals surface area contributed by atoms with Gasteiger partial charge in [0, 0.05) is 25.8 Å². The maximum atomic E-state index is 12.7. The molecule has 1 fully saturated rings. The van der Waals surface area contributed by atoms with E-state index in [0.29, 0.717) is 17.8 Å². The molecule has 1 aromatic heterocycles. The molecule has 0 N–H and O–H groups in total. The molecule has 3 rings (SSSR count). The van der Waals surface area contributed by atoms with Crippen molar-refractivity contribution in [3.63, 3.8) is 0 Å². The number of alkyl halides is 2. The normalized spacial score (nSPS) is 19.3. The van der Waals surface area contributed by atoms with E-state index in [1.54, 1.807) is 4.90 Å². The standard InChI is InChI=1S/C16H18F2N4O/c1-20-9-10-21(14(11-20)12-5-3-2-4-6-12)15(23)13-7-8-22(19-13)16(17)18/h2-8,14,16H,9-11H2,1H3. The van der Waals surface area contributed by atoms with Crippen LogP contribution in [0.5, 0.6) is 0 Å². The van der Waals surface area contributed by atoms with Gasteiger partial charge < -0.3 is 9.80 Å². The molecule has 0 saturated carbocycles. The largest absolute Gasteiger partial charge is 0.333 e. The maximum Gasteiger partial charge on any atom is 0.333 e. The van der Waals surface area contributed by atoms with Gasteiger partial charge in [-0.15, -0.1) is 0 Å². The molecular weight excluding hydrogens is 302 g/mol. The zero-order valence-electron chi connectivity index (χ0n) is 12.8. The third-order valence-corrected chi connectivity index (χ3v) is 4.06. The van der Waals surface area contributed by atoms with Crippen LogP contribution in [0.4, 0.5) is 8.78 Å². The molecule has 5 nitrogen and oxygen atoms in total. The third-order valence-electron chi connectivity index (χ3n) is 4.06. The first kappa shape index (κ1) is 15.6. The van der Waals surface area contributed by atoms with Crippen molar-refractivity contribution in [1.29, 1.82) is 0 Å². The number of likely N-dealkylation sites (N-methyl/N-ethyl adjacent to an activating group) is 1. The molecule has 23 heavy (non-hydrogen) atoms. The fraction of sp³-hybridized carbons (Fsp3) is 0.375. The number of hydrogen-bond donors (Lipinski definition) is 0. The van der Waals surface area contributed by atoms with Gasteiger partial charge in [-0.1, -0.05) is 30.3 Å². The molecule has 0 radical (unpaired) electrons. The predicted molar refractivity (Wildman–Crippen MR) is 81.2 cm³/mol. The molecule has 1 saturated heterocycles. The Morgan fingerprint density at radius 3 is 2.61 bits per heavy atom. The summed E-state index contributed by atoms with van der Waals surface area (Å²) >= 11 is 0. The molecule has 1 aromatic carbocycles. The summed E-state index contributed by atoms with van der Waals surface area (Å²) in [5.74, 6) is -0.314. The molecular formula is C16H18F2N4O. The lowest BCUT2D eigenvalue weighted by atomic mass is 10.0. The third kappa shape index (κ3) is 3.24. The van der Waals surface area contributed by atoms with Crippen LogP contribution in [0.2, 0.25) is 0 Å². The Kier molecular flexibility index (Phi) is 4.38. The number of nitrogens with zero attached hydrogens (tertiary/aromatic N) is 4. The Bertz CT molecular complexity index is 674. The fourth-order valence-corrected chi connectivity index (χ4v) is 2.83. The fourth-order valence-electron chi connectivity index (χ4n) is 2.83. The summed E-state index contributed by atoms with van der Waals surface area (Å²) in [7, 11) is 2.00. The predicted octanol–water partition coefficient (Wildman–Crippen LogP) is 2.41. The average molecular weight is 320 g/mol. The van der Waals surface area contributed by atoms with Crippen LogP contribution in [0.3, 0.4) is 0 Å². The molecule has 0 aliphatic carbocycles. The molecule has 122 valence electrons. The van der Waals surface area contributed by atoms with Gasteiger partial charge in [-0.2, -0.15) is 13.9 Å². The summed E-state index contributed by atoms with van der Waals surface area (Å²) in [6, 6.07) is 11.0. The van der Waals surface area contributed by atoms with Crippen molar-refractivity contribution in [3.05, 3.63) is 53.9 Å². The second-order valence-corrected chi connectivity index (χ2v) is 5.65. The molecule has 2 heterocycles. The molecule has 7 heteroatoms. The van der Waals surface area contributed by atoms with Crippen molar-refractivity contribution in [3.8, 4) is 0 Å². The smallest absolute Gasteiger partial charge is 0.328 e. The van der Waals surface area contributed by atoms with Crippen molar-refractivity contribution in [2.24, 2.45) is 0 Å². The van der Waals surface area contributed by atoms with Crippen molar-refractivity contribution >= 4 is 5.91 Å². The first-order valence-corrected chi connectivity index (χ1v) is 7.44. The minimum Gasteiger partial charge on any atom is -0.328 e. The SMILES string of the molecule is CN1CCN(C(=O)c2ccn(C(F)F)n2)C(c2ccccc2)C1. The number of aromatic nitrogens is 2. The Labute approximate surface area is 133 Å². The van der Waals surface area contributed by atoms with Gasteiger partial charge in [0.05, 0.1) is 6.04 Å². The van der Waals surface area contributed by atoms with Gasteiger partial charge in [-0.05, 0) is 18.7 Å². The number of rotatable bonds is 3. The summed E-state index contributed by atoms with van der Waals surface area (Å²) in [5.41, 5.74) is 1.08. The highest BCUT2D eigenvalue weighted by Crippen LogP contribution is 2.26. The van der Waals surface area contributed by atoms with E-state index in [1.165, 1.54) is 6.07 Å². The lowest BCUT2D eigenvalue weighted by Gasteiger charge is -2.40. The van der Waals surface area contributed by atoms with Crippen LogP contribution >= 0.6 is 0 Å². The van der Waals surface area contributed by atoms with E-state index in [-0.39, 0.29) is 17.6 Å².